The van der Waals surface area contributed by atoms with Gasteiger partial charge in [-0.05, 0) is 66.8 Å². The van der Waals surface area contributed by atoms with Crippen LogP contribution in [0.3, 0.4) is 0 Å². The summed E-state index contributed by atoms with van der Waals surface area (Å²) in [6.45, 7) is 16.0. The number of likely N-dealkylation sites (tertiary alicyclic amines) is 2. The lowest BCUT2D eigenvalue weighted by molar-refractivity contribution is 0.0136. The molecule has 0 saturated carbocycles. The molecule has 0 radical (unpaired) electrons. The third-order valence-electron chi connectivity index (χ3n) is 11.1. The van der Waals surface area contributed by atoms with Crippen molar-refractivity contribution in [1.82, 2.24) is 29.6 Å². The molecule has 58 heavy (non-hydrogen) atoms. The third-order valence-corrected chi connectivity index (χ3v) is 11.1. The number of rotatable bonds is 12. The van der Waals surface area contributed by atoms with Crippen LogP contribution >= 0.6 is 0 Å². The average Bonchev–Trinajstić information content (AvgIpc) is 3.61. The van der Waals surface area contributed by atoms with Gasteiger partial charge in [0.15, 0.2) is 6.23 Å². The Morgan fingerprint density at radius 3 is 1.48 bits per heavy atom. The number of hydrogen-bond donors (Lipinski definition) is 1. The maximum absolute atomic E-state index is 12.6. The number of fused-ring (bicyclic) bond motifs is 2. The third kappa shape index (κ3) is 9.91. The molecule has 4 aliphatic heterocycles. The summed E-state index contributed by atoms with van der Waals surface area (Å²) in [5.41, 5.74) is 3.83. The number of benzene rings is 2. The molecule has 2 aromatic carbocycles. The fraction of sp³-hybridized carbons (Fsp3) is 0.457. The van der Waals surface area contributed by atoms with E-state index >= 15 is 0 Å². The van der Waals surface area contributed by atoms with Crippen molar-refractivity contribution in [3.05, 3.63) is 119 Å². The summed E-state index contributed by atoms with van der Waals surface area (Å²) >= 11 is 0. The van der Waals surface area contributed by atoms with Crippen molar-refractivity contribution >= 4 is 17.7 Å². The molecule has 2 fully saturated rings. The first kappa shape index (κ1) is 41.0. The number of aliphatic hydroxyl groups is 1. The molecule has 2 aromatic heterocycles. The molecule has 1 atom stereocenters. The average molecular weight is 789 g/mol. The van der Waals surface area contributed by atoms with E-state index in [0.29, 0.717) is 52.4 Å². The van der Waals surface area contributed by atoms with Gasteiger partial charge in [-0.2, -0.15) is 0 Å². The first-order chi connectivity index (χ1) is 28.0. The van der Waals surface area contributed by atoms with E-state index in [4.69, 9.17) is 9.47 Å². The van der Waals surface area contributed by atoms with E-state index in [0.717, 1.165) is 76.1 Å². The lowest BCUT2D eigenvalue weighted by atomic mass is 10.1. The Hall–Kier alpha value is -5.17. The summed E-state index contributed by atoms with van der Waals surface area (Å²) in [4.78, 5) is 54.1. The van der Waals surface area contributed by atoms with Crippen molar-refractivity contribution in [2.45, 2.75) is 84.9 Å². The van der Waals surface area contributed by atoms with Crippen molar-refractivity contribution in [3.63, 3.8) is 0 Å². The fourth-order valence-corrected chi connectivity index (χ4v) is 8.21. The van der Waals surface area contributed by atoms with Crippen LogP contribution in [0.1, 0.15) is 107 Å². The Balaban J connectivity index is 0.000000177. The predicted molar refractivity (Wildman–Crippen MR) is 220 cm³/mol. The van der Waals surface area contributed by atoms with Crippen molar-refractivity contribution in [2.75, 3.05) is 39.3 Å². The fourth-order valence-electron chi connectivity index (χ4n) is 8.21. The van der Waals surface area contributed by atoms with Crippen molar-refractivity contribution in [1.29, 1.82) is 0 Å². The molecule has 1 unspecified atom stereocenters. The largest absolute Gasteiger partial charge is 0.474 e. The van der Waals surface area contributed by atoms with Crippen LogP contribution in [0.4, 0.5) is 0 Å². The number of carbonyl (C=O) groups excluding carboxylic acids is 3. The Bertz CT molecular complexity index is 1990. The molecule has 2 saturated heterocycles. The van der Waals surface area contributed by atoms with Gasteiger partial charge in [-0.15, -0.1) is 0 Å². The van der Waals surface area contributed by atoms with E-state index in [9.17, 15) is 19.5 Å². The lowest BCUT2D eigenvalue weighted by Crippen LogP contribution is -2.40. The molecule has 8 rings (SSSR count). The molecule has 12 nitrogen and oxygen atoms in total. The number of carbonyl (C=O) groups is 3. The standard InChI is InChI=1S/C23H29N3O3.C23H27N3O3/c2*1-16(2)14-25-11-9-18(10-12-25)29-21-8-7-17(13-24-21)15-26-22(27)19-5-3-4-6-20(19)23(26)28/h3-8,13,16,18,22,27H,9-12,14-15H2,1-2H3;3-8,13,16,18H,9-12,14-15H2,1-2H3. The number of hydrogen-bond acceptors (Lipinski definition) is 10. The van der Waals surface area contributed by atoms with E-state index in [2.05, 4.69) is 47.5 Å². The van der Waals surface area contributed by atoms with Crippen LogP contribution in [-0.4, -0.2) is 104 Å². The minimum absolute atomic E-state index is 0.151. The minimum atomic E-state index is -0.911. The number of ether oxygens (including phenoxy) is 2. The van der Waals surface area contributed by atoms with Gasteiger partial charge in [-0.1, -0.05) is 70.2 Å². The van der Waals surface area contributed by atoms with Crippen molar-refractivity contribution in [2.24, 2.45) is 11.8 Å². The summed E-state index contributed by atoms with van der Waals surface area (Å²) < 4.78 is 12.1. The van der Waals surface area contributed by atoms with Crippen LogP contribution in [0.5, 0.6) is 11.8 Å². The highest BCUT2D eigenvalue weighted by Gasteiger charge is 2.36. The molecule has 3 amide bonds. The van der Waals surface area contributed by atoms with Crippen LogP contribution in [0.25, 0.3) is 0 Å². The lowest BCUT2D eigenvalue weighted by Gasteiger charge is -2.32. The van der Waals surface area contributed by atoms with Crippen LogP contribution in [-0.2, 0) is 13.1 Å². The molecule has 0 aliphatic carbocycles. The molecule has 1 N–H and O–H groups in total. The van der Waals surface area contributed by atoms with Gasteiger partial charge in [0.05, 0.1) is 24.2 Å². The molecule has 0 spiro atoms. The predicted octanol–water partition coefficient (Wildman–Crippen LogP) is 6.60. The molecule has 4 aliphatic rings. The van der Waals surface area contributed by atoms with Crippen LogP contribution < -0.4 is 9.47 Å². The van der Waals surface area contributed by atoms with Gasteiger partial charge >= 0.3 is 0 Å². The zero-order chi connectivity index (χ0) is 40.8. The van der Waals surface area contributed by atoms with E-state index in [-0.39, 0.29) is 36.5 Å². The molecule has 4 aromatic rings. The van der Waals surface area contributed by atoms with Gasteiger partial charge in [0.25, 0.3) is 17.7 Å². The smallest absolute Gasteiger partial charge is 0.261 e. The van der Waals surface area contributed by atoms with Crippen LogP contribution in [0, 0.1) is 11.8 Å². The van der Waals surface area contributed by atoms with Gasteiger partial charge in [0.2, 0.25) is 11.8 Å². The topological polar surface area (TPSA) is 129 Å². The van der Waals surface area contributed by atoms with E-state index < -0.39 is 6.23 Å². The van der Waals surface area contributed by atoms with Gasteiger partial charge in [0, 0.05) is 74.9 Å². The zero-order valence-electron chi connectivity index (χ0n) is 34.1. The zero-order valence-corrected chi connectivity index (χ0v) is 34.1. The maximum Gasteiger partial charge on any atom is 0.261 e. The monoisotopic (exact) mass is 788 g/mol. The number of amides is 3. The summed E-state index contributed by atoms with van der Waals surface area (Å²) in [6, 6.07) is 21.6. The molecular weight excluding hydrogens is 733 g/mol. The summed E-state index contributed by atoms with van der Waals surface area (Å²) in [6.07, 6.45) is 6.94. The second-order valence-corrected chi connectivity index (χ2v) is 16.7. The number of pyridine rings is 2. The van der Waals surface area contributed by atoms with Crippen LogP contribution in [0.2, 0.25) is 0 Å². The maximum atomic E-state index is 12.6. The number of piperidine rings is 2. The second kappa shape index (κ2) is 18.6. The van der Waals surface area contributed by atoms with Crippen molar-refractivity contribution < 1.29 is 29.0 Å². The first-order valence-corrected chi connectivity index (χ1v) is 20.7. The minimum Gasteiger partial charge on any atom is -0.474 e. The Morgan fingerprint density at radius 1 is 0.603 bits per heavy atom. The number of imide groups is 1. The number of aromatic nitrogens is 2. The quantitative estimate of drug-likeness (QED) is 0.157. The van der Waals surface area contributed by atoms with Gasteiger partial charge in [-0.25, -0.2) is 9.97 Å². The highest BCUT2D eigenvalue weighted by molar-refractivity contribution is 6.21. The Morgan fingerprint density at radius 2 is 1.05 bits per heavy atom. The molecule has 6 heterocycles. The highest BCUT2D eigenvalue weighted by Crippen LogP contribution is 2.33. The summed E-state index contributed by atoms with van der Waals surface area (Å²) in [5.74, 6) is 1.94. The van der Waals surface area contributed by atoms with E-state index in [1.54, 1.807) is 48.8 Å². The molecule has 306 valence electrons. The molecule has 12 heteroatoms. The number of nitrogens with zero attached hydrogens (tertiary/aromatic N) is 6. The molecular formula is C46H56N6O6. The summed E-state index contributed by atoms with van der Waals surface area (Å²) in [7, 11) is 0. The second-order valence-electron chi connectivity index (χ2n) is 16.7. The SMILES string of the molecule is CC(C)CN1CCC(Oc2ccc(CN3C(=O)c4ccccc4C3=O)cn2)CC1.CC(C)CN1CCC(Oc2ccc(CN3C(=O)c4ccccc4C3O)cn2)CC1. The Kier molecular flexibility index (Phi) is 13.2. The van der Waals surface area contributed by atoms with Gasteiger partial charge in [0.1, 0.15) is 12.2 Å². The number of aliphatic hydroxyl groups excluding tert-OH is 1. The first-order valence-electron chi connectivity index (χ1n) is 20.7. The Labute approximate surface area is 341 Å². The van der Waals surface area contributed by atoms with Crippen molar-refractivity contribution in [3.8, 4) is 11.8 Å². The van der Waals surface area contributed by atoms with Crippen LogP contribution in [0.15, 0.2) is 85.2 Å². The normalized spacial score (nSPS) is 19.1. The van der Waals surface area contributed by atoms with Gasteiger partial charge < -0.3 is 29.3 Å². The van der Waals surface area contributed by atoms with E-state index in [1.807, 2.05) is 36.4 Å². The highest BCUT2D eigenvalue weighted by atomic mass is 16.5. The van der Waals surface area contributed by atoms with Gasteiger partial charge in [-0.3, -0.25) is 19.3 Å². The summed E-state index contributed by atoms with van der Waals surface area (Å²) in [5, 5.41) is 10.5. The van der Waals surface area contributed by atoms with E-state index in [1.165, 1.54) is 9.80 Å². The molecule has 0 bridgehead atoms.